The largest absolute Gasteiger partial charge is 0.382 e. The van der Waals surface area contributed by atoms with Crippen molar-refractivity contribution in [2.75, 3.05) is 31.5 Å². The van der Waals surface area contributed by atoms with Crippen LogP contribution in [0.1, 0.15) is 24.8 Å². The Labute approximate surface area is 170 Å². The summed E-state index contributed by atoms with van der Waals surface area (Å²) in [4.78, 5) is 24.3. The Balaban J connectivity index is 1.33. The Bertz CT molecular complexity index is 934. The molecule has 2 aromatic rings. The number of nitrogens with zero attached hydrogens (tertiary/aromatic N) is 4. The smallest absolute Gasteiger partial charge is 0.352 e. The summed E-state index contributed by atoms with van der Waals surface area (Å²) < 4.78 is 13.6. The SMILES string of the molecule is C#[N+][C@@H]1C[C@H](F)CN1C(=O)CN1CCC(Nc2ccc(C)c3ncccc23)CC1. The Morgan fingerprint density at radius 1 is 1.34 bits per heavy atom. The summed E-state index contributed by atoms with van der Waals surface area (Å²) >= 11 is 0. The zero-order valence-electron chi connectivity index (χ0n) is 16.7. The minimum absolute atomic E-state index is 0.0913. The van der Waals surface area contributed by atoms with E-state index >= 15 is 0 Å². The summed E-state index contributed by atoms with van der Waals surface area (Å²) in [5, 5.41) is 4.79. The van der Waals surface area contributed by atoms with Crippen LogP contribution in [0.15, 0.2) is 30.5 Å². The summed E-state index contributed by atoms with van der Waals surface area (Å²) in [6.45, 7) is 9.44. The lowest BCUT2D eigenvalue weighted by Gasteiger charge is -2.33. The van der Waals surface area contributed by atoms with Crippen molar-refractivity contribution in [3.63, 3.8) is 0 Å². The van der Waals surface area contributed by atoms with E-state index < -0.39 is 12.3 Å². The number of fused-ring (bicyclic) bond motifs is 1. The molecule has 7 heteroatoms. The van der Waals surface area contributed by atoms with Crippen LogP contribution in [0.2, 0.25) is 0 Å². The number of piperidine rings is 1. The minimum Gasteiger partial charge on any atom is -0.382 e. The number of halogens is 1. The van der Waals surface area contributed by atoms with Crippen LogP contribution in [0.4, 0.5) is 10.1 Å². The topological polar surface area (TPSA) is 52.8 Å². The van der Waals surface area contributed by atoms with Gasteiger partial charge in [-0.05, 0) is 43.5 Å². The molecule has 4 rings (SSSR count). The number of alkyl halides is 1. The van der Waals surface area contributed by atoms with Crippen LogP contribution < -0.4 is 5.32 Å². The Morgan fingerprint density at radius 3 is 2.90 bits per heavy atom. The maximum Gasteiger partial charge on any atom is 0.352 e. The predicted octanol–water partition coefficient (Wildman–Crippen LogP) is 3.28. The number of carbonyl (C=O) groups is 1. The third-order valence-corrected chi connectivity index (χ3v) is 5.99. The van der Waals surface area contributed by atoms with E-state index in [9.17, 15) is 9.18 Å². The normalized spacial score (nSPS) is 23.3. The first-order chi connectivity index (χ1) is 14.0. The van der Waals surface area contributed by atoms with Gasteiger partial charge in [-0.3, -0.25) is 19.6 Å². The summed E-state index contributed by atoms with van der Waals surface area (Å²) in [6, 6.07) is 8.62. The Morgan fingerprint density at radius 2 is 2.14 bits per heavy atom. The van der Waals surface area contributed by atoms with Gasteiger partial charge < -0.3 is 5.32 Å². The molecule has 0 aliphatic carbocycles. The molecular formula is C22H27FN5O+. The molecule has 1 aromatic carbocycles. The van der Waals surface area contributed by atoms with Gasteiger partial charge in [-0.15, -0.1) is 0 Å². The maximum atomic E-state index is 13.6. The number of benzene rings is 1. The van der Waals surface area contributed by atoms with E-state index in [1.165, 1.54) is 10.5 Å². The molecule has 2 aliphatic heterocycles. The van der Waals surface area contributed by atoms with Gasteiger partial charge in [-0.25, -0.2) is 4.39 Å². The van der Waals surface area contributed by atoms with Gasteiger partial charge in [0.1, 0.15) is 6.17 Å². The number of carbonyl (C=O) groups excluding carboxylic acids is 1. The van der Waals surface area contributed by atoms with Crippen molar-refractivity contribution in [1.29, 1.82) is 0 Å². The molecule has 6 nitrogen and oxygen atoms in total. The molecule has 0 spiro atoms. The van der Waals surface area contributed by atoms with E-state index in [4.69, 9.17) is 6.57 Å². The molecule has 2 aliphatic rings. The summed E-state index contributed by atoms with van der Waals surface area (Å²) in [7, 11) is 0. The van der Waals surface area contributed by atoms with Crippen molar-refractivity contribution >= 4 is 22.5 Å². The third-order valence-electron chi connectivity index (χ3n) is 5.99. The zero-order valence-corrected chi connectivity index (χ0v) is 16.7. The number of rotatable bonds is 4. The van der Waals surface area contributed by atoms with Crippen LogP contribution in [0, 0.1) is 13.5 Å². The molecule has 0 bridgehead atoms. The van der Waals surface area contributed by atoms with Crippen LogP contribution in [-0.4, -0.2) is 65.2 Å². The number of aromatic nitrogens is 1. The fraction of sp³-hybridized carbons (Fsp3) is 0.500. The molecule has 29 heavy (non-hydrogen) atoms. The van der Waals surface area contributed by atoms with Crippen LogP contribution in [0.25, 0.3) is 15.7 Å². The Hall–Kier alpha value is -2.72. The predicted molar refractivity (Wildman–Crippen MR) is 113 cm³/mol. The number of nitrogens with one attached hydrogen (secondary N) is 1. The minimum atomic E-state index is -1.04. The van der Waals surface area contributed by atoms with Gasteiger partial charge in [-0.2, -0.15) is 0 Å². The van der Waals surface area contributed by atoms with Gasteiger partial charge in [0.05, 0.1) is 25.0 Å². The highest BCUT2D eigenvalue weighted by Crippen LogP contribution is 2.27. The van der Waals surface area contributed by atoms with Gasteiger partial charge in [0.15, 0.2) is 0 Å². The lowest BCUT2D eigenvalue weighted by molar-refractivity contribution is -0.133. The third kappa shape index (κ3) is 4.18. The molecule has 2 fully saturated rings. The second-order valence-corrected chi connectivity index (χ2v) is 8.03. The van der Waals surface area contributed by atoms with Crippen molar-refractivity contribution in [2.24, 2.45) is 0 Å². The molecule has 152 valence electrons. The molecule has 2 saturated heterocycles. The highest BCUT2D eigenvalue weighted by atomic mass is 19.1. The van der Waals surface area contributed by atoms with E-state index in [2.05, 4.69) is 45.2 Å². The lowest BCUT2D eigenvalue weighted by Crippen LogP contribution is -2.46. The van der Waals surface area contributed by atoms with E-state index in [0.717, 1.165) is 42.5 Å². The van der Waals surface area contributed by atoms with Crippen molar-refractivity contribution in [3.8, 4) is 6.57 Å². The van der Waals surface area contributed by atoms with Crippen molar-refractivity contribution in [2.45, 2.75) is 44.6 Å². The molecule has 1 amide bonds. The molecule has 0 saturated carbocycles. The average Bonchev–Trinajstić information content (AvgIpc) is 3.13. The fourth-order valence-electron chi connectivity index (χ4n) is 4.35. The van der Waals surface area contributed by atoms with E-state index in [-0.39, 0.29) is 18.9 Å². The van der Waals surface area contributed by atoms with E-state index in [1.807, 2.05) is 12.3 Å². The number of aryl methyl sites for hydroxylation is 1. The standard InChI is InChI=1S/C22H27FN5O/c1-15-5-6-19(18-4-3-9-25-22(15)18)26-17-7-10-27(11-8-17)14-21(29)28-13-16(23)12-20(28)24-2/h2-6,9,16-17,20,26H,7-8,10-14H2,1H3/q+1/t16-,20-/m0/s1. The zero-order chi connectivity index (χ0) is 20.4. The van der Waals surface area contributed by atoms with E-state index in [1.54, 1.807) is 0 Å². The monoisotopic (exact) mass is 396 g/mol. The fourth-order valence-corrected chi connectivity index (χ4v) is 4.35. The molecule has 0 unspecified atom stereocenters. The molecular weight excluding hydrogens is 369 g/mol. The first-order valence-electron chi connectivity index (χ1n) is 10.2. The maximum absolute atomic E-state index is 13.6. The highest BCUT2D eigenvalue weighted by Gasteiger charge is 2.42. The van der Waals surface area contributed by atoms with Gasteiger partial charge in [0, 0.05) is 36.4 Å². The number of amides is 1. The molecule has 3 heterocycles. The second-order valence-electron chi connectivity index (χ2n) is 8.03. The average molecular weight is 396 g/mol. The van der Waals surface area contributed by atoms with Gasteiger partial charge >= 0.3 is 6.17 Å². The molecule has 1 N–H and O–H groups in total. The van der Waals surface area contributed by atoms with Crippen LogP contribution in [0.3, 0.4) is 0 Å². The van der Waals surface area contributed by atoms with Crippen LogP contribution in [-0.2, 0) is 4.79 Å². The molecule has 2 atom stereocenters. The molecule has 0 radical (unpaired) electrons. The first-order valence-corrected chi connectivity index (χ1v) is 10.2. The van der Waals surface area contributed by atoms with Crippen LogP contribution in [0.5, 0.6) is 0 Å². The van der Waals surface area contributed by atoms with E-state index in [0.29, 0.717) is 12.6 Å². The first kappa shape index (κ1) is 19.6. The van der Waals surface area contributed by atoms with Crippen molar-refractivity contribution < 1.29 is 9.18 Å². The number of pyridine rings is 1. The van der Waals surface area contributed by atoms with Gasteiger partial charge in [0.2, 0.25) is 5.91 Å². The van der Waals surface area contributed by atoms with Crippen LogP contribution >= 0.6 is 0 Å². The lowest BCUT2D eigenvalue weighted by atomic mass is 10.0. The number of hydrogen-bond donors (Lipinski definition) is 1. The summed E-state index contributed by atoms with van der Waals surface area (Å²) in [6.07, 6.45) is 2.35. The Kier molecular flexibility index (Phi) is 5.63. The number of likely N-dealkylation sites (tertiary alicyclic amines) is 2. The van der Waals surface area contributed by atoms with Crippen molar-refractivity contribution in [1.82, 2.24) is 14.8 Å². The summed E-state index contributed by atoms with van der Waals surface area (Å²) in [5.74, 6) is -0.0913. The van der Waals surface area contributed by atoms with Gasteiger partial charge in [0.25, 0.3) is 6.57 Å². The molecule has 1 aromatic heterocycles. The summed E-state index contributed by atoms with van der Waals surface area (Å²) in [5.41, 5.74) is 3.29. The number of hydrogen-bond acceptors (Lipinski definition) is 4. The highest BCUT2D eigenvalue weighted by molar-refractivity contribution is 5.93. The number of anilines is 1. The quantitative estimate of drug-likeness (QED) is 0.862. The van der Waals surface area contributed by atoms with Crippen molar-refractivity contribution in [3.05, 3.63) is 40.9 Å². The second kappa shape index (κ2) is 8.34. The van der Waals surface area contributed by atoms with Gasteiger partial charge in [-0.1, -0.05) is 10.9 Å².